The minimum atomic E-state index is -0.00609. The third-order valence-electron chi connectivity index (χ3n) is 4.09. The molecule has 0 bridgehead atoms. The van der Waals surface area contributed by atoms with Gasteiger partial charge in [-0.05, 0) is 46.5 Å². The van der Waals surface area contributed by atoms with Crippen molar-refractivity contribution >= 4 is 0 Å². The van der Waals surface area contributed by atoms with Gasteiger partial charge in [-0.2, -0.15) is 0 Å². The van der Waals surface area contributed by atoms with Gasteiger partial charge < -0.3 is 10.1 Å². The Morgan fingerprint density at radius 1 is 1.39 bits per heavy atom. The molecule has 3 heteroatoms. The highest BCUT2D eigenvalue weighted by Gasteiger charge is 2.34. The molecule has 1 aromatic carbocycles. The molecular formula is C15H24N2O. The molecule has 0 spiro atoms. The molecule has 18 heavy (non-hydrogen) atoms. The van der Waals surface area contributed by atoms with Gasteiger partial charge in [0.05, 0.1) is 12.6 Å². The second-order valence-corrected chi connectivity index (χ2v) is 5.43. The summed E-state index contributed by atoms with van der Waals surface area (Å²) in [5, 5.41) is 3.54. The molecule has 1 saturated heterocycles. The summed E-state index contributed by atoms with van der Waals surface area (Å²) in [7, 11) is 3.95. The van der Waals surface area contributed by atoms with Crippen molar-refractivity contribution in [1.82, 2.24) is 10.2 Å². The Labute approximate surface area is 110 Å². The predicted octanol–water partition coefficient (Wildman–Crippen LogP) is 2.14. The normalized spacial score (nSPS) is 25.8. The summed E-state index contributed by atoms with van der Waals surface area (Å²) in [6.45, 7) is 7.59. The van der Waals surface area contributed by atoms with Crippen molar-refractivity contribution in [3.8, 4) is 5.75 Å². The molecule has 1 aliphatic heterocycles. The highest BCUT2D eigenvalue weighted by Crippen LogP contribution is 2.35. The van der Waals surface area contributed by atoms with Crippen molar-refractivity contribution < 1.29 is 4.74 Å². The Balaban J connectivity index is 2.46. The van der Waals surface area contributed by atoms with Crippen molar-refractivity contribution in [1.29, 1.82) is 0 Å². The minimum Gasteiger partial charge on any atom is -0.496 e. The Morgan fingerprint density at radius 3 is 2.89 bits per heavy atom. The van der Waals surface area contributed by atoms with E-state index in [1.165, 1.54) is 17.5 Å². The first-order chi connectivity index (χ1) is 8.58. The molecule has 1 atom stereocenters. The lowest BCUT2D eigenvalue weighted by Crippen LogP contribution is -2.46. The van der Waals surface area contributed by atoms with Crippen LogP contribution in [-0.2, 0) is 5.54 Å². The summed E-state index contributed by atoms with van der Waals surface area (Å²) in [6, 6.07) is 6.44. The van der Waals surface area contributed by atoms with Crippen molar-refractivity contribution in [3.05, 3.63) is 29.3 Å². The molecule has 1 unspecified atom stereocenters. The molecule has 1 aromatic rings. The standard InChI is InChI=1S/C15H24N2O/c1-12-6-7-14(18-4)13(10-12)15(2)11-16-8-5-9-17(15)3/h6-7,10,16H,5,8-9,11H2,1-4H3. The molecule has 0 aromatic heterocycles. The lowest BCUT2D eigenvalue weighted by Gasteiger charge is -2.38. The Bertz CT molecular complexity index is 419. The zero-order valence-electron chi connectivity index (χ0n) is 11.9. The van der Waals surface area contributed by atoms with Gasteiger partial charge in [-0.1, -0.05) is 17.7 Å². The van der Waals surface area contributed by atoms with Gasteiger partial charge in [0, 0.05) is 12.1 Å². The number of likely N-dealkylation sites (N-methyl/N-ethyl adjacent to an activating group) is 1. The summed E-state index contributed by atoms with van der Waals surface area (Å²) < 4.78 is 5.55. The third kappa shape index (κ3) is 2.38. The molecule has 0 amide bonds. The van der Waals surface area contributed by atoms with Crippen LogP contribution >= 0.6 is 0 Å². The predicted molar refractivity (Wildman–Crippen MR) is 75.2 cm³/mol. The highest BCUT2D eigenvalue weighted by molar-refractivity contribution is 5.42. The number of nitrogens with one attached hydrogen (secondary N) is 1. The first-order valence-electron chi connectivity index (χ1n) is 6.65. The van der Waals surface area contributed by atoms with E-state index in [0.717, 1.165) is 25.4 Å². The van der Waals surface area contributed by atoms with Gasteiger partial charge in [-0.15, -0.1) is 0 Å². The van der Waals surface area contributed by atoms with Crippen LogP contribution in [0.2, 0.25) is 0 Å². The average molecular weight is 248 g/mol. The van der Waals surface area contributed by atoms with E-state index in [2.05, 4.69) is 49.3 Å². The fourth-order valence-electron chi connectivity index (χ4n) is 2.70. The maximum absolute atomic E-state index is 5.55. The van der Waals surface area contributed by atoms with E-state index < -0.39 is 0 Å². The summed E-state index contributed by atoms with van der Waals surface area (Å²) in [4.78, 5) is 2.43. The SMILES string of the molecule is COc1ccc(C)cc1C1(C)CNCCCN1C. The van der Waals surface area contributed by atoms with Crippen LogP contribution in [0.5, 0.6) is 5.75 Å². The van der Waals surface area contributed by atoms with Crippen LogP contribution in [0.15, 0.2) is 18.2 Å². The van der Waals surface area contributed by atoms with Gasteiger partial charge in [-0.25, -0.2) is 0 Å². The smallest absolute Gasteiger partial charge is 0.123 e. The van der Waals surface area contributed by atoms with Gasteiger partial charge in [0.15, 0.2) is 0 Å². The van der Waals surface area contributed by atoms with Crippen LogP contribution in [0.25, 0.3) is 0 Å². The number of benzene rings is 1. The minimum absolute atomic E-state index is 0.00609. The van der Waals surface area contributed by atoms with Gasteiger partial charge in [-0.3, -0.25) is 4.90 Å². The van der Waals surface area contributed by atoms with E-state index in [9.17, 15) is 0 Å². The Kier molecular flexibility index (Phi) is 3.93. The van der Waals surface area contributed by atoms with E-state index in [4.69, 9.17) is 4.74 Å². The second kappa shape index (κ2) is 5.29. The van der Waals surface area contributed by atoms with Crippen molar-refractivity contribution in [2.45, 2.75) is 25.8 Å². The first-order valence-corrected chi connectivity index (χ1v) is 6.65. The van der Waals surface area contributed by atoms with Crippen LogP contribution in [0, 0.1) is 6.92 Å². The van der Waals surface area contributed by atoms with Gasteiger partial charge in [0.1, 0.15) is 5.75 Å². The lowest BCUT2D eigenvalue weighted by molar-refractivity contribution is 0.147. The fourth-order valence-corrected chi connectivity index (χ4v) is 2.70. The lowest BCUT2D eigenvalue weighted by atomic mass is 9.88. The average Bonchev–Trinajstić information content (AvgIpc) is 2.53. The van der Waals surface area contributed by atoms with Gasteiger partial charge in [0.2, 0.25) is 0 Å². The molecule has 100 valence electrons. The van der Waals surface area contributed by atoms with Crippen molar-refractivity contribution in [2.24, 2.45) is 0 Å². The summed E-state index contributed by atoms with van der Waals surface area (Å²) >= 11 is 0. The number of nitrogens with zero attached hydrogens (tertiary/aromatic N) is 1. The number of hydrogen-bond acceptors (Lipinski definition) is 3. The van der Waals surface area contributed by atoms with E-state index >= 15 is 0 Å². The topological polar surface area (TPSA) is 24.5 Å². The molecule has 2 rings (SSSR count). The largest absolute Gasteiger partial charge is 0.496 e. The second-order valence-electron chi connectivity index (χ2n) is 5.43. The molecule has 1 fully saturated rings. The quantitative estimate of drug-likeness (QED) is 0.868. The van der Waals surface area contributed by atoms with Crippen LogP contribution in [0.1, 0.15) is 24.5 Å². The molecule has 0 aliphatic carbocycles. The van der Waals surface area contributed by atoms with E-state index in [0.29, 0.717) is 0 Å². The number of ether oxygens (including phenoxy) is 1. The molecule has 0 radical (unpaired) electrons. The summed E-state index contributed by atoms with van der Waals surface area (Å²) in [6.07, 6.45) is 1.19. The first kappa shape index (κ1) is 13.4. The van der Waals surface area contributed by atoms with E-state index in [1.807, 2.05) is 0 Å². The monoisotopic (exact) mass is 248 g/mol. The maximum atomic E-state index is 5.55. The van der Waals surface area contributed by atoms with Crippen molar-refractivity contribution in [3.63, 3.8) is 0 Å². The molecule has 1 N–H and O–H groups in total. The summed E-state index contributed by atoms with van der Waals surface area (Å²) in [5.74, 6) is 0.985. The third-order valence-corrected chi connectivity index (χ3v) is 4.09. The molecule has 3 nitrogen and oxygen atoms in total. The van der Waals surface area contributed by atoms with Gasteiger partial charge in [0.25, 0.3) is 0 Å². The fraction of sp³-hybridized carbons (Fsp3) is 0.600. The highest BCUT2D eigenvalue weighted by atomic mass is 16.5. The van der Waals surface area contributed by atoms with Crippen LogP contribution in [0.3, 0.4) is 0 Å². The number of aryl methyl sites for hydroxylation is 1. The number of rotatable bonds is 2. The molecule has 1 aliphatic rings. The van der Waals surface area contributed by atoms with Gasteiger partial charge >= 0.3 is 0 Å². The maximum Gasteiger partial charge on any atom is 0.123 e. The van der Waals surface area contributed by atoms with Crippen molar-refractivity contribution in [2.75, 3.05) is 33.8 Å². The summed E-state index contributed by atoms with van der Waals surface area (Å²) in [5.41, 5.74) is 2.56. The number of hydrogen-bond donors (Lipinski definition) is 1. The molecule has 1 heterocycles. The Hall–Kier alpha value is -1.06. The van der Waals surface area contributed by atoms with E-state index in [1.54, 1.807) is 7.11 Å². The Morgan fingerprint density at radius 2 is 2.17 bits per heavy atom. The van der Waals surface area contributed by atoms with Crippen LogP contribution in [-0.4, -0.2) is 38.7 Å². The zero-order valence-corrected chi connectivity index (χ0v) is 11.9. The zero-order chi connectivity index (χ0) is 13.2. The molecule has 0 saturated carbocycles. The van der Waals surface area contributed by atoms with E-state index in [-0.39, 0.29) is 5.54 Å². The number of methoxy groups -OCH3 is 1. The van der Waals surface area contributed by atoms with Crippen LogP contribution < -0.4 is 10.1 Å². The molecular weight excluding hydrogens is 224 g/mol. The van der Waals surface area contributed by atoms with Crippen LogP contribution in [0.4, 0.5) is 0 Å².